The highest BCUT2D eigenvalue weighted by Crippen LogP contribution is 2.33. The maximum absolute atomic E-state index is 10.8. The van der Waals surface area contributed by atoms with Gasteiger partial charge in [0.2, 0.25) is 0 Å². The highest BCUT2D eigenvalue weighted by atomic mass is 32.2. The predicted octanol–water partition coefficient (Wildman–Crippen LogP) is 2.67. The summed E-state index contributed by atoms with van der Waals surface area (Å²) in [6.45, 7) is 6.11. The van der Waals surface area contributed by atoms with Crippen molar-refractivity contribution in [2.24, 2.45) is 0 Å². The zero-order valence-corrected chi connectivity index (χ0v) is 9.26. The molecule has 0 aliphatic heterocycles. The minimum Gasteiger partial charge on any atom is -0.476 e. The first-order chi connectivity index (χ1) is 6.40. The van der Waals surface area contributed by atoms with E-state index in [1.54, 1.807) is 12.1 Å². The average molecular weight is 211 g/mol. The number of nitrogens with zero attached hydrogens (tertiary/aromatic N) is 1. The number of hydrogen-bond donors (Lipinski definition) is 1. The van der Waals surface area contributed by atoms with E-state index in [9.17, 15) is 4.79 Å². The molecule has 1 heterocycles. The third-order valence-corrected chi connectivity index (χ3v) is 2.55. The molecule has 3 nitrogen and oxygen atoms in total. The molecule has 0 spiro atoms. The lowest BCUT2D eigenvalue weighted by Gasteiger charge is -2.18. The van der Waals surface area contributed by atoms with E-state index in [0.717, 1.165) is 0 Å². The number of thioether (sulfide) groups is 1. The molecule has 0 fully saturated rings. The van der Waals surface area contributed by atoms with E-state index >= 15 is 0 Å². The molecular weight excluding hydrogens is 198 g/mol. The van der Waals surface area contributed by atoms with E-state index in [0.29, 0.717) is 4.90 Å². The third kappa shape index (κ3) is 3.03. The summed E-state index contributed by atoms with van der Waals surface area (Å²) in [5, 5.41) is 8.89. The second-order valence-electron chi connectivity index (χ2n) is 3.87. The van der Waals surface area contributed by atoms with Gasteiger partial charge in [-0.1, -0.05) is 20.8 Å². The molecule has 1 aromatic rings. The zero-order valence-electron chi connectivity index (χ0n) is 8.44. The molecule has 0 aliphatic rings. The molecular formula is C10H13NO2S. The summed E-state index contributed by atoms with van der Waals surface area (Å²) in [5.41, 5.74) is 0.132. The molecule has 1 N–H and O–H groups in total. The summed E-state index contributed by atoms with van der Waals surface area (Å²) in [4.78, 5) is 15.4. The molecule has 0 aliphatic carbocycles. The van der Waals surface area contributed by atoms with E-state index in [1.807, 2.05) is 20.8 Å². The van der Waals surface area contributed by atoms with Crippen LogP contribution in [0.4, 0.5) is 0 Å². The smallest absolute Gasteiger partial charge is 0.355 e. The number of aromatic carboxylic acids is 1. The zero-order chi connectivity index (χ0) is 10.8. The molecule has 0 unspecified atom stereocenters. The van der Waals surface area contributed by atoms with Gasteiger partial charge in [-0.05, 0) is 12.1 Å². The summed E-state index contributed by atoms with van der Waals surface area (Å²) in [6.07, 6.45) is 1.50. The molecule has 0 bridgehead atoms. The van der Waals surface area contributed by atoms with Crippen LogP contribution < -0.4 is 0 Å². The Hall–Kier alpha value is -1.03. The summed E-state index contributed by atoms with van der Waals surface area (Å²) in [5.74, 6) is -0.975. The van der Waals surface area contributed by atoms with Gasteiger partial charge in [-0.15, -0.1) is 11.8 Å². The van der Waals surface area contributed by atoms with Crippen molar-refractivity contribution in [1.82, 2.24) is 4.98 Å². The van der Waals surface area contributed by atoms with Crippen LogP contribution in [0, 0.1) is 0 Å². The van der Waals surface area contributed by atoms with Crippen LogP contribution in [-0.4, -0.2) is 20.8 Å². The van der Waals surface area contributed by atoms with Crippen LogP contribution in [0.2, 0.25) is 0 Å². The van der Waals surface area contributed by atoms with Crippen LogP contribution in [0.5, 0.6) is 0 Å². The fraction of sp³-hybridized carbons (Fsp3) is 0.400. The Morgan fingerprint density at radius 2 is 2.14 bits per heavy atom. The van der Waals surface area contributed by atoms with Crippen LogP contribution in [0.15, 0.2) is 23.2 Å². The van der Waals surface area contributed by atoms with E-state index in [1.165, 1.54) is 18.0 Å². The monoisotopic (exact) mass is 211 g/mol. The Morgan fingerprint density at radius 3 is 2.64 bits per heavy atom. The summed E-state index contributed by atoms with van der Waals surface area (Å²) < 4.78 is -0.00671. The number of hydrogen-bond acceptors (Lipinski definition) is 3. The van der Waals surface area contributed by atoms with Gasteiger partial charge in [0.05, 0.1) is 0 Å². The number of carbonyl (C=O) groups is 1. The van der Waals surface area contributed by atoms with Crippen LogP contribution in [0.25, 0.3) is 0 Å². The Labute approximate surface area is 87.6 Å². The Morgan fingerprint density at radius 1 is 1.50 bits per heavy atom. The number of pyridine rings is 1. The molecule has 0 saturated heterocycles. The molecule has 4 heteroatoms. The van der Waals surface area contributed by atoms with Crippen LogP contribution in [0.3, 0.4) is 0 Å². The van der Waals surface area contributed by atoms with Crippen LogP contribution in [-0.2, 0) is 0 Å². The van der Waals surface area contributed by atoms with Gasteiger partial charge in [0.25, 0.3) is 0 Å². The Bertz CT molecular complexity index is 344. The molecule has 0 radical (unpaired) electrons. The van der Waals surface area contributed by atoms with Gasteiger partial charge in [0.1, 0.15) is 0 Å². The lowest BCUT2D eigenvalue weighted by Crippen LogP contribution is -2.10. The first kappa shape index (κ1) is 11.0. The van der Waals surface area contributed by atoms with Gasteiger partial charge < -0.3 is 5.11 Å². The highest BCUT2D eigenvalue weighted by Gasteiger charge is 2.18. The quantitative estimate of drug-likeness (QED) is 0.764. The van der Waals surface area contributed by atoms with E-state index in [-0.39, 0.29) is 10.4 Å². The third-order valence-electron chi connectivity index (χ3n) is 1.39. The second-order valence-corrected chi connectivity index (χ2v) is 5.74. The van der Waals surface area contributed by atoms with Crippen molar-refractivity contribution in [3.63, 3.8) is 0 Å². The van der Waals surface area contributed by atoms with Crippen LogP contribution in [0.1, 0.15) is 31.3 Å². The lowest BCUT2D eigenvalue weighted by molar-refractivity contribution is 0.0686. The Kier molecular flexibility index (Phi) is 3.16. The number of rotatable bonds is 2. The fourth-order valence-corrected chi connectivity index (χ4v) is 2.01. The van der Waals surface area contributed by atoms with E-state index < -0.39 is 5.97 Å². The molecule has 0 atom stereocenters. The van der Waals surface area contributed by atoms with Gasteiger partial charge >= 0.3 is 5.97 Å². The van der Waals surface area contributed by atoms with Gasteiger partial charge in [0.15, 0.2) is 5.69 Å². The second kappa shape index (κ2) is 4.00. The topological polar surface area (TPSA) is 50.2 Å². The number of carboxylic acids is 1. The summed E-state index contributed by atoms with van der Waals surface area (Å²) >= 11 is 1.51. The van der Waals surface area contributed by atoms with Gasteiger partial charge in [-0.2, -0.15) is 0 Å². The molecule has 1 rings (SSSR count). The van der Waals surface area contributed by atoms with Crippen molar-refractivity contribution in [1.29, 1.82) is 0 Å². The normalized spacial score (nSPS) is 11.4. The first-order valence-electron chi connectivity index (χ1n) is 4.27. The van der Waals surface area contributed by atoms with Gasteiger partial charge in [-0.25, -0.2) is 9.78 Å². The van der Waals surface area contributed by atoms with Crippen molar-refractivity contribution in [2.75, 3.05) is 0 Å². The van der Waals surface area contributed by atoms with Crippen molar-refractivity contribution < 1.29 is 9.90 Å². The minimum absolute atomic E-state index is 0.00671. The Balaban J connectivity index is 3.02. The molecule has 1 aromatic heterocycles. The fourth-order valence-electron chi connectivity index (χ4n) is 0.963. The van der Waals surface area contributed by atoms with Gasteiger partial charge in [0, 0.05) is 15.8 Å². The standard InChI is InChI=1S/C10H13NO2S/c1-10(2,3)14-7-5-4-6-11-8(7)9(12)13/h4-6H,1-3H3,(H,12,13). The van der Waals surface area contributed by atoms with Crippen LogP contribution >= 0.6 is 11.8 Å². The van der Waals surface area contributed by atoms with E-state index in [2.05, 4.69) is 4.98 Å². The van der Waals surface area contributed by atoms with E-state index in [4.69, 9.17) is 5.11 Å². The summed E-state index contributed by atoms with van der Waals surface area (Å²) in [6, 6.07) is 3.53. The molecule has 14 heavy (non-hydrogen) atoms. The predicted molar refractivity (Wildman–Crippen MR) is 56.8 cm³/mol. The SMILES string of the molecule is CC(C)(C)Sc1cccnc1C(=O)O. The molecule has 76 valence electrons. The first-order valence-corrected chi connectivity index (χ1v) is 5.09. The molecule has 0 amide bonds. The van der Waals surface area contributed by atoms with Crippen molar-refractivity contribution >= 4 is 17.7 Å². The number of aromatic nitrogens is 1. The molecule has 0 saturated carbocycles. The van der Waals surface area contributed by atoms with Gasteiger partial charge in [-0.3, -0.25) is 0 Å². The van der Waals surface area contributed by atoms with Crippen molar-refractivity contribution in [2.45, 2.75) is 30.4 Å². The highest BCUT2D eigenvalue weighted by molar-refractivity contribution is 8.00. The maximum atomic E-state index is 10.8. The average Bonchev–Trinajstić information content (AvgIpc) is 2.01. The summed E-state index contributed by atoms with van der Waals surface area (Å²) in [7, 11) is 0. The van der Waals surface area contributed by atoms with Crippen molar-refractivity contribution in [3.8, 4) is 0 Å². The molecule has 0 aromatic carbocycles. The maximum Gasteiger partial charge on any atom is 0.355 e. The number of carboxylic acid groups (broad SMARTS) is 1. The lowest BCUT2D eigenvalue weighted by atomic mass is 10.3. The van der Waals surface area contributed by atoms with Crippen molar-refractivity contribution in [3.05, 3.63) is 24.0 Å². The largest absolute Gasteiger partial charge is 0.476 e. The minimum atomic E-state index is -0.975.